The molecule has 3 rings (SSSR count). The Morgan fingerprint density at radius 3 is 2.64 bits per heavy atom. The highest BCUT2D eigenvalue weighted by Crippen LogP contribution is 2.40. The molecule has 2 aromatic rings. The molecule has 0 saturated carbocycles. The number of benzene rings is 2. The van der Waals surface area contributed by atoms with Gasteiger partial charge in [-0.25, -0.2) is 0 Å². The van der Waals surface area contributed by atoms with Crippen molar-refractivity contribution in [2.24, 2.45) is 0 Å². The predicted octanol–water partition coefficient (Wildman–Crippen LogP) is 4.43. The Morgan fingerprint density at radius 1 is 1.24 bits per heavy atom. The van der Waals surface area contributed by atoms with E-state index in [1.165, 1.54) is 0 Å². The second kappa shape index (κ2) is 6.79. The van der Waals surface area contributed by atoms with Gasteiger partial charge in [0.2, 0.25) is 0 Å². The van der Waals surface area contributed by atoms with E-state index in [1.807, 2.05) is 52.0 Å². The average Bonchev–Trinajstić information content (AvgIpc) is 2.54. The Kier molecular flexibility index (Phi) is 4.71. The third-order valence-corrected chi connectivity index (χ3v) is 4.36. The molecule has 132 valence electrons. The molecule has 0 radical (unpaired) electrons. The third kappa shape index (κ3) is 3.95. The summed E-state index contributed by atoms with van der Waals surface area (Å²) in [5, 5.41) is 3.16. The summed E-state index contributed by atoms with van der Waals surface area (Å²) >= 11 is 0. The van der Waals surface area contributed by atoms with Gasteiger partial charge in [-0.2, -0.15) is 0 Å². The van der Waals surface area contributed by atoms with Gasteiger partial charge in [-0.1, -0.05) is 12.1 Å². The number of amides is 1. The second-order valence-corrected chi connectivity index (χ2v) is 7.09. The lowest BCUT2D eigenvalue weighted by atomic mass is 9.89. The molecule has 0 spiro atoms. The Bertz CT molecular complexity index is 765. The number of carbonyl (C=O) groups is 1. The van der Waals surface area contributed by atoms with Crippen molar-refractivity contribution in [1.29, 1.82) is 0 Å². The fourth-order valence-electron chi connectivity index (χ4n) is 3.20. The molecule has 0 fully saturated rings. The van der Waals surface area contributed by atoms with Crippen LogP contribution in [0.5, 0.6) is 11.5 Å². The maximum absolute atomic E-state index is 12.7. The highest BCUT2D eigenvalue weighted by atomic mass is 16.5. The fourth-order valence-corrected chi connectivity index (χ4v) is 3.20. The van der Waals surface area contributed by atoms with Gasteiger partial charge >= 0.3 is 0 Å². The number of carbonyl (C=O) groups excluding carboxylic acids is 1. The number of fused-ring (bicyclic) bond motifs is 1. The normalized spacial score (nSPS) is 18.0. The fraction of sp³-hybridized carbons (Fsp3) is 0.381. The number of nitrogens with one attached hydrogen (secondary N) is 1. The van der Waals surface area contributed by atoms with Gasteiger partial charge in [0.25, 0.3) is 5.91 Å². The van der Waals surface area contributed by atoms with Gasteiger partial charge in [-0.3, -0.25) is 4.79 Å². The van der Waals surface area contributed by atoms with Crippen molar-refractivity contribution in [3.05, 3.63) is 59.2 Å². The number of rotatable bonds is 4. The van der Waals surface area contributed by atoms with E-state index >= 15 is 0 Å². The van der Waals surface area contributed by atoms with Gasteiger partial charge in [0.15, 0.2) is 0 Å². The molecule has 1 unspecified atom stereocenters. The van der Waals surface area contributed by atoms with Crippen LogP contribution < -0.4 is 14.8 Å². The van der Waals surface area contributed by atoms with Crippen LogP contribution in [0.25, 0.3) is 0 Å². The molecule has 2 aromatic carbocycles. The monoisotopic (exact) mass is 339 g/mol. The summed E-state index contributed by atoms with van der Waals surface area (Å²) in [6, 6.07) is 13.3. The Morgan fingerprint density at radius 2 is 1.96 bits per heavy atom. The SMILES string of the molecule is CCOc1ccc(C(=O)NC2CC(C)(C)Oc3cc(C)ccc32)cc1. The van der Waals surface area contributed by atoms with E-state index in [2.05, 4.69) is 11.4 Å². The van der Waals surface area contributed by atoms with Crippen LogP contribution in [0.15, 0.2) is 42.5 Å². The van der Waals surface area contributed by atoms with E-state index in [0.29, 0.717) is 12.2 Å². The van der Waals surface area contributed by atoms with Crippen molar-refractivity contribution in [3.63, 3.8) is 0 Å². The van der Waals surface area contributed by atoms with Crippen LogP contribution in [0, 0.1) is 6.92 Å². The second-order valence-electron chi connectivity index (χ2n) is 7.09. The van der Waals surface area contributed by atoms with Crippen molar-refractivity contribution in [2.75, 3.05) is 6.61 Å². The Balaban J connectivity index is 1.81. The Hall–Kier alpha value is -2.49. The van der Waals surface area contributed by atoms with Gasteiger partial charge in [-0.05, 0) is 63.6 Å². The van der Waals surface area contributed by atoms with E-state index in [1.54, 1.807) is 12.1 Å². The van der Waals surface area contributed by atoms with Crippen LogP contribution >= 0.6 is 0 Å². The van der Waals surface area contributed by atoms with E-state index in [4.69, 9.17) is 9.47 Å². The molecule has 0 aliphatic carbocycles. The van der Waals surface area contributed by atoms with Crippen molar-refractivity contribution in [1.82, 2.24) is 5.32 Å². The molecule has 0 aromatic heterocycles. The topological polar surface area (TPSA) is 47.6 Å². The third-order valence-electron chi connectivity index (χ3n) is 4.36. The average molecular weight is 339 g/mol. The van der Waals surface area contributed by atoms with E-state index in [0.717, 1.165) is 29.0 Å². The molecular formula is C21H25NO3. The minimum Gasteiger partial charge on any atom is -0.494 e. The first kappa shape index (κ1) is 17.3. The van der Waals surface area contributed by atoms with Gasteiger partial charge in [0.05, 0.1) is 12.6 Å². The summed E-state index contributed by atoms with van der Waals surface area (Å²) in [5.41, 5.74) is 2.48. The van der Waals surface area contributed by atoms with Crippen molar-refractivity contribution in [3.8, 4) is 11.5 Å². The lowest BCUT2D eigenvalue weighted by molar-refractivity contribution is 0.0619. The summed E-state index contributed by atoms with van der Waals surface area (Å²) in [6.45, 7) is 8.69. The summed E-state index contributed by atoms with van der Waals surface area (Å²) in [5.74, 6) is 1.54. The maximum Gasteiger partial charge on any atom is 0.251 e. The summed E-state index contributed by atoms with van der Waals surface area (Å²) in [6.07, 6.45) is 0.728. The molecule has 1 N–H and O–H groups in total. The minimum absolute atomic E-state index is 0.0709. The first-order chi connectivity index (χ1) is 11.9. The molecule has 1 aliphatic rings. The zero-order valence-corrected chi connectivity index (χ0v) is 15.3. The zero-order chi connectivity index (χ0) is 18.0. The van der Waals surface area contributed by atoms with Gasteiger partial charge in [0.1, 0.15) is 17.1 Å². The number of ether oxygens (including phenoxy) is 2. The molecule has 1 aliphatic heterocycles. The van der Waals surface area contributed by atoms with Crippen molar-refractivity contribution < 1.29 is 14.3 Å². The summed E-state index contributed by atoms with van der Waals surface area (Å²) in [4.78, 5) is 12.7. The van der Waals surface area contributed by atoms with Crippen LogP contribution in [0.2, 0.25) is 0 Å². The first-order valence-corrected chi connectivity index (χ1v) is 8.71. The quantitative estimate of drug-likeness (QED) is 0.896. The summed E-state index contributed by atoms with van der Waals surface area (Å²) < 4.78 is 11.5. The van der Waals surface area contributed by atoms with Gasteiger partial charge in [0, 0.05) is 17.5 Å². The number of aryl methyl sites for hydroxylation is 1. The zero-order valence-electron chi connectivity index (χ0n) is 15.3. The van der Waals surface area contributed by atoms with Crippen molar-refractivity contribution >= 4 is 5.91 Å². The molecule has 0 bridgehead atoms. The minimum atomic E-state index is -0.322. The lowest BCUT2D eigenvalue weighted by Crippen LogP contribution is -2.41. The number of hydrogen-bond donors (Lipinski definition) is 1. The molecule has 25 heavy (non-hydrogen) atoms. The standard InChI is InChI=1S/C21H25NO3/c1-5-24-16-9-7-15(8-10-16)20(23)22-18-13-21(3,4)25-19-12-14(2)6-11-17(18)19/h6-12,18H,5,13H2,1-4H3,(H,22,23). The molecule has 4 heteroatoms. The maximum atomic E-state index is 12.7. The smallest absolute Gasteiger partial charge is 0.251 e. The highest BCUT2D eigenvalue weighted by Gasteiger charge is 2.34. The van der Waals surface area contributed by atoms with Crippen LogP contribution in [0.1, 0.15) is 54.7 Å². The van der Waals surface area contributed by atoms with Gasteiger partial charge < -0.3 is 14.8 Å². The predicted molar refractivity (Wildman–Crippen MR) is 98.3 cm³/mol. The van der Waals surface area contributed by atoms with Crippen molar-refractivity contribution in [2.45, 2.75) is 45.8 Å². The Labute approximate surface area is 149 Å². The molecule has 1 heterocycles. The molecular weight excluding hydrogens is 314 g/mol. The lowest BCUT2D eigenvalue weighted by Gasteiger charge is -2.38. The van der Waals surface area contributed by atoms with E-state index in [9.17, 15) is 4.79 Å². The highest BCUT2D eigenvalue weighted by molar-refractivity contribution is 5.94. The first-order valence-electron chi connectivity index (χ1n) is 8.71. The molecule has 1 amide bonds. The van der Waals surface area contributed by atoms with Crippen LogP contribution in [0.4, 0.5) is 0 Å². The van der Waals surface area contributed by atoms with Crippen LogP contribution in [-0.4, -0.2) is 18.1 Å². The number of hydrogen-bond acceptors (Lipinski definition) is 3. The van der Waals surface area contributed by atoms with Gasteiger partial charge in [-0.15, -0.1) is 0 Å². The molecule has 1 atom stereocenters. The molecule has 4 nitrogen and oxygen atoms in total. The molecule has 0 saturated heterocycles. The van der Waals surface area contributed by atoms with E-state index in [-0.39, 0.29) is 17.6 Å². The van der Waals surface area contributed by atoms with Crippen LogP contribution in [0.3, 0.4) is 0 Å². The summed E-state index contributed by atoms with van der Waals surface area (Å²) in [7, 11) is 0. The van der Waals surface area contributed by atoms with E-state index < -0.39 is 0 Å². The van der Waals surface area contributed by atoms with Crippen LogP contribution in [-0.2, 0) is 0 Å². The largest absolute Gasteiger partial charge is 0.494 e.